The fraction of sp³-hybridized carbons (Fsp3) is 0.0741. The fourth-order valence-corrected chi connectivity index (χ4v) is 4.70. The van der Waals surface area contributed by atoms with Crippen molar-refractivity contribution >= 4 is 55.7 Å². The van der Waals surface area contributed by atoms with Crippen LogP contribution in [0.4, 0.5) is 17.2 Å². The van der Waals surface area contributed by atoms with Crippen molar-refractivity contribution in [2.45, 2.75) is 0 Å². The van der Waals surface area contributed by atoms with E-state index in [0.29, 0.717) is 45.5 Å². The molecule has 38 heavy (non-hydrogen) atoms. The molecule has 0 spiro atoms. The zero-order valence-electron chi connectivity index (χ0n) is 20.4. The molecule has 0 saturated carbocycles. The quantitative estimate of drug-likeness (QED) is 0.245. The van der Waals surface area contributed by atoms with Gasteiger partial charge in [0, 0.05) is 34.0 Å². The Labute approximate surface area is 220 Å². The number of amides is 1. The smallest absolute Gasteiger partial charge is 0.255 e. The minimum atomic E-state index is -0.242. The highest BCUT2D eigenvalue weighted by Gasteiger charge is 2.15. The summed E-state index contributed by atoms with van der Waals surface area (Å²) >= 11 is 1.41. The maximum absolute atomic E-state index is 13.0. The molecule has 0 aliphatic heterocycles. The third-order valence-electron chi connectivity index (χ3n) is 5.93. The first-order chi connectivity index (χ1) is 18.6. The Morgan fingerprint density at radius 2 is 1.82 bits per heavy atom. The van der Waals surface area contributed by atoms with Gasteiger partial charge in [0.15, 0.2) is 23.1 Å². The number of fused-ring (bicyclic) bond motifs is 2. The predicted molar refractivity (Wildman–Crippen MR) is 148 cm³/mol. The molecule has 0 radical (unpaired) electrons. The lowest BCUT2D eigenvalue weighted by Gasteiger charge is -2.12. The summed E-state index contributed by atoms with van der Waals surface area (Å²) in [6.07, 6.45) is 1.73. The zero-order chi connectivity index (χ0) is 26.1. The summed E-state index contributed by atoms with van der Waals surface area (Å²) in [5, 5.41) is 14.2. The molecule has 0 aliphatic rings. The molecule has 3 aromatic heterocycles. The second-order valence-corrected chi connectivity index (χ2v) is 9.14. The van der Waals surface area contributed by atoms with Crippen molar-refractivity contribution in [2.24, 2.45) is 0 Å². The van der Waals surface area contributed by atoms with Crippen LogP contribution in [-0.4, -0.2) is 45.3 Å². The van der Waals surface area contributed by atoms with E-state index in [1.165, 1.54) is 11.3 Å². The van der Waals surface area contributed by atoms with Crippen molar-refractivity contribution in [1.29, 1.82) is 0 Å². The van der Waals surface area contributed by atoms with Gasteiger partial charge in [0.1, 0.15) is 10.3 Å². The number of methoxy groups -OCH3 is 2. The number of carbonyl (C=O) groups is 1. The maximum Gasteiger partial charge on any atom is 0.255 e. The number of rotatable bonds is 7. The Hall–Kier alpha value is -5.03. The van der Waals surface area contributed by atoms with Gasteiger partial charge in [0.2, 0.25) is 0 Å². The second-order valence-electron chi connectivity index (χ2n) is 8.30. The van der Waals surface area contributed by atoms with E-state index in [1.807, 2.05) is 48.5 Å². The molecule has 10 nitrogen and oxygen atoms in total. The van der Waals surface area contributed by atoms with E-state index in [0.717, 1.165) is 21.4 Å². The van der Waals surface area contributed by atoms with Crippen LogP contribution in [-0.2, 0) is 0 Å². The van der Waals surface area contributed by atoms with Crippen LogP contribution in [0.5, 0.6) is 11.5 Å². The van der Waals surface area contributed by atoms with Crippen molar-refractivity contribution in [3.05, 3.63) is 77.9 Å². The highest BCUT2D eigenvalue weighted by atomic mass is 32.1. The number of ether oxygens (including phenoxy) is 2. The van der Waals surface area contributed by atoms with Crippen LogP contribution in [0.1, 0.15) is 10.4 Å². The molecule has 1 amide bonds. The van der Waals surface area contributed by atoms with Gasteiger partial charge in [0.25, 0.3) is 5.91 Å². The maximum atomic E-state index is 13.0. The van der Waals surface area contributed by atoms with Crippen LogP contribution >= 0.6 is 11.3 Å². The normalized spacial score (nSPS) is 11.0. The van der Waals surface area contributed by atoms with Crippen LogP contribution in [0.15, 0.2) is 72.4 Å². The lowest BCUT2D eigenvalue weighted by Crippen LogP contribution is -2.12. The molecule has 3 aromatic carbocycles. The highest BCUT2D eigenvalue weighted by Crippen LogP contribution is 2.33. The van der Waals surface area contributed by atoms with Gasteiger partial charge in [-0.05, 0) is 42.5 Å². The SMILES string of the molecule is COc1ccc(Nc2nc(-c3cccc(C(=O)Nc4ccc5cn[nH]c5c4)c3)nc3scnc23)cc1OC. The first-order valence-corrected chi connectivity index (χ1v) is 12.4. The minimum Gasteiger partial charge on any atom is -0.493 e. The molecule has 188 valence electrons. The van der Waals surface area contributed by atoms with Crippen molar-refractivity contribution in [1.82, 2.24) is 25.1 Å². The molecule has 6 rings (SSSR count). The Balaban J connectivity index is 1.31. The fourth-order valence-electron chi connectivity index (χ4n) is 4.05. The molecule has 0 aliphatic carbocycles. The van der Waals surface area contributed by atoms with E-state index in [2.05, 4.69) is 25.8 Å². The summed E-state index contributed by atoms with van der Waals surface area (Å²) in [5.41, 5.74) is 5.82. The average Bonchev–Trinajstić information content (AvgIpc) is 3.62. The van der Waals surface area contributed by atoms with Crippen LogP contribution < -0.4 is 20.1 Å². The molecule has 3 N–H and O–H groups in total. The number of hydrogen-bond acceptors (Lipinski definition) is 9. The van der Waals surface area contributed by atoms with Crippen LogP contribution in [0, 0.1) is 0 Å². The number of anilines is 3. The summed E-state index contributed by atoms with van der Waals surface area (Å²) in [4.78, 5) is 27.7. The monoisotopic (exact) mass is 523 g/mol. The highest BCUT2D eigenvalue weighted by molar-refractivity contribution is 7.16. The lowest BCUT2D eigenvalue weighted by molar-refractivity contribution is 0.102. The van der Waals surface area contributed by atoms with E-state index in [1.54, 1.807) is 38.1 Å². The van der Waals surface area contributed by atoms with Gasteiger partial charge in [-0.1, -0.05) is 12.1 Å². The van der Waals surface area contributed by atoms with Gasteiger partial charge in [0.05, 0.1) is 31.4 Å². The van der Waals surface area contributed by atoms with E-state index in [-0.39, 0.29) is 5.91 Å². The lowest BCUT2D eigenvalue weighted by atomic mass is 10.1. The van der Waals surface area contributed by atoms with E-state index >= 15 is 0 Å². The number of carbonyl (C=O) groups excluding carboxylic acids is 1. The zero-order valence-corrected chi connectivity index (χ0v) is 21.2. The number of aromatic nitrogens is 5. The second kappa shape index (κ2) is 9.79. The van der Waals surface area contributed by atoms with Crippen LogP contribution in [0.2, 0.25) is 0 Å². The molecule has 0 bridgehead atoms. The molecule has 0 unspecified atom stereocenters. The number of nitrogens with zero attached hydrogens (tertiary/aromatic N) is 4. The van der Waals surface area contributed by atoms with Gasteiger partial charge in [-0.2, -0.15) is 5.10 Å². The number of H-pyrrole nitrogens is 1. The predicted octanol–water partition coefficient (Wildman–Crippen LogP) is 5.64. The number of benzene rings is 3. The average molecular weight is 524 g/mol. The topological polar surface area (TPSA) is 127 Å². The van der Waals surface area contributed by atoms with E-state index < -0.39 is 0 Å². The summed E-state index contributed by atoms with van der Waals surface area (Å²) in [6.45, 7) is 0. The third-order valence-corrected chi connectivity index (χ3v) is 6.65. The first-order valence-electron chi connectivity index (χ1n) is 11.6. The van der Waals surface area contributed by atoms with E-state index in [4.69, 9.17) is 19.4 Å². The minimum absolute atomic E-state index is 0.242. The Kier molecular flexibility index (Phi) is 6.02. The molecule has 0 fully saturated rings. The Morgan fingerprint density at radius 1 is 0.947 bits per heavy atom. The largest absolute Gasteiger partial charge is 0.493 e. The summed E-state index contributed by atoms with van der Waals surface area (Å²) in [6, 6.07) is 18.3. The summed E-state index contributed by atoms with van der Waals surface area (Å²) in [7, 11) is 3.18. The van der Waals surface area contributed by atoms with Crippen LogP contribution in [0.3, 0.4) is 0 Å². The Bertz CT molecular complexity index is 1800. The molecular weight excluding hydrogens is 502 g/mol. The standard InChI is InChI=1S/C27H21N7O3S/c1-36-21-9-8-19(12-22(21)37-2)30-25-23-27(38-14-28-23)33-24(32-25)15-4-3-5-16(10-15)26(35)31-18-7-6-17-13-29-34-20(17)11-18/h3-14H,1-2H3,(H,29,34)(H,31,35)(H,30,32,33). The van der Waals surface area contributed by atoms with Gasteiger partial charge in [-0.3, -0.25) is 9.89 Å². The number of thiazole rings is 1. The molecule has 3 heterocycles. The van der Waals surface area contributed by atoms with Gasteiger partial charge >= 0.3 is 0 Å². The molecule has 6 aromatic rings. The van der Waals surface area contributed by atoms with Crippen molar-refractivity contribution in [3.8, 4) is 22.9 Å². The summed E-state index contributed by atoms with van der Waals surface area (Å²) in [5.74, 6) is 1.99. The van der Waals surface area contributed by atoms with E-state index in [9.17, 15) is 4.79 Å². The number of aromatic amines is 1. The van der Waals surface area contributed by atoms with Crippen molar-refractivity contribution in [2.75, 3.05) is 24.9 Å². The summed E-state index contributed by atoms with van der Waals surface area (Å²) < 4.78 is 10.8. The molecular formula is C27H21N7O3S. The molecule has 0 saturated heterocycles. The molecule has 0 atom stereocenters. The van der Waals surface area contributed by atoms with Crippen molar-refractivity contribution < 1.29 is 14.3 Å². The van der Waals surface area contributed by atoms with Crippen LogP contribution in [0.25, 0.3) is 32.6 Å². The number of hydrogen-bond donors (Lipinski definition) is 3. The van der Waals surface area contributed by atoms with Gasteiger partial charge in [-0.25, -0.2) is 15.0 Å². The Morgan fingerprint density at radius 3 is 2.68 bits per heavy atom. The third kappa shape index (κ3) is 4.46. The van der Waals surface area contributed by atoms with Crippen molar-refractivity contribution in [3.63, 3.8) is 0 Å². The number of nitrogens with one attached hydrogen (secondary N) is 3. The van der Waals surface area contributed by atoms with Gasteiger partial charge in [-0.15, -0.1) is 11.3 Å². The van der Waals surface area contributed by atoms with Gasteiger partial charge < -0.3 is 20.1 Å². The molecule has 11 heteroatoms. The first kappa shape index (κ1) is 23.4.